The second-order valence-corrected chi connectivity index (χ2v) is 1.03. The Morgan fingerprint density at radius 3 is 2.33 bits per heavy atom. The molecule has 0 aromatic carbocycles. The summed E-state index contributed by atoms with van der Waals surface area (Å²) in [7, 11) is 0. The summed E-state index contributed by atoms with van der Waals surface area (Å²) in [6, 6.07) is 0. The first-order valence-corrected chi connectivity index (χ1v) is 2.51. The first-order chi connectivity index (χ1) is 4.41. The van der Waals surface area contributed by atoms with Crippen molar-refractivity contribution in [3.05, 3.63) is 0 Å². The molecule has 0 aliphatic heterocycles. The van der Waals surface area contributed by atoms with E-state index in [1.165, 1.54) is 0 Å². The van der Waals surface area contributed by atoms with Crippen LogP contribution >= 0.6 is 0 Å². The van der Waals surface area contributed by atoms with Crippen molar-refractivity contribution >= 4 is 0 Å². The molecule has 0 atom stereocenters. The molecular formula is C5H11NO3. The quantitative estimate of drug-likeness (QED) is 0.347. The molecule has 0 radical (unpaired) electrons. The molecule has 0 unspecified atom stereocenters. The molecule has 0 fully saturated rings. The van der Waals surface area contributed by atoms with Crippen molar-refractivity contribution in [1.29, 1.82) is 5.26 Å². The largest absolute Gasteiger partial charge is 0.379 e. The summed E-state index contributed by atoms with van der Waals surface area (Å²) in [5.74, 6) is 0. The lowest BCUT2D eigenvalue weighted by Gasteiger charge is -1.94. The third kappa shape index (κ3) is 18.7. The van der Waals surface area contributed by atoms with Gasteiger partial charge in [-0.2, -0.15) is 0 Å². The molecule has 0 rings (SSSR count). The van der Waals surface area contributed by atoms with Gasteiger partial charge in [-0.05, 0) is 6.92 Å². The fourth-order valence-corrected chi connectivity index (χ4v) is 0.241. The van der Waals surface area contributed by atoms with E-state index in [9.17, 15) is 0 Å². The van der Waals surface area contributed by atoms with Gasteiger partial charge in [0.1, 0.15) is 6.61 Å². The summed E-state index contributed by atoms with van der Waals surface area (Å²) < 4.78 is 4.79. The van der Waals surface area contributed by atoms with Gasteiger partial charge in [-0.1, -0.05) is 0 Å². The van der Waals surface area contributed by atoms with Crippen molar-refractivity contribution in [2.45, 2.75) is 6.92 Å². The third-order valence-electron chi connectivity index (χ3n) is 0.523. The van der Waals surface area contributed by atoms with Crippen molar-refractivity contribution in [2.24, 2.45) is 0 Å². The van der Waals surface area contributed by atoms with E-state index in [1.54, 1.807) is 0 Å². The summed E-state index contributed by atoms with van der Waals surface area (Å²) in [4.78, 5) is 3.72. The smallest absolute Gasteiger partial charge is 0.105 e. The van der Waals surface area contributed by atoms with Crippen molar-refractivity contribution in [2.75, 3.05) is 19.8 Å². The lowest BCUT2D eigenvalue weighted by molar-refractivity contribution is -0.248. The molecule has 54 valence electrons. The molecular weight excluding hydrogens is 122 g/mol. The van der Waals surface area contributed by atoms with Gasteiger partial charge in [-0.3, -0.25) is 5.26 Å². The van der Waals surface area contributed by atoms with E-state index in [0.29, 0.717) is 13.2 Å². The monoisotopic (exact) mass is 133 g/mol. The molecule has 4 nitrogen and oxygen atoms in total. The van der Waals surface area contributed by atoms with Crippen LogP contribution in [0, 0.1) is 11.8 Å². The van der Waals surface area contributed by atoms with Crippen LogP contribution in [0.5, 0.6) is 0 Å². The van der Waals surface area contributed by atoms with Crippen LogP contribution < -0.4 is 0 Å². The molecule has 0 saturated carbocycles. The van der Waals surface area contributed by atoms with E-state index in [-0.39, 0.29) is 6.61 Å². The van der Waals surface area contributed by atoms with Crippen molar-refractivity contribution in [1.82, 2.24) is 0 Å². The molecule has 9 heavy (non-hydrogen) atoms. The highest BCUT2D eigenvalue weighted by molar-refractivity contribution is 4.20. The summed E-state index contributed by atoms with van der Waals surface area (Å²) in [6.07, 6.45) is 0. The average Bonchev–Trinajstić information content (AvgIpc) is 1.94. The van der Waals surface area contributed by atoms with Crippen LogP contribution in [0.4, 0.5) is 0 Å². The predicted octanol–water partition coefficient (Wildman–Crippen LogP) is 0.652. The van der Waals surface area contributed by atoms with Crippen LogP contribution in [0.2, 0.25) is 0 Å². The summed E-state index contributed by atoms with van der Waals surface area (Å²) >= 11 is 0. The molecule has 0 aromatic heterocycles. The lowest BCUT2D eigenvalue weighted by Crippen LogP contribution is -2.00. The summed E-state index contributed by atoms with van der Waals surface area (Å²) in [5, 5.41) is 14.2. The molecule has 0 aromatic rings. The maximum Gasteiger partial charge on any atom is 0.105 e. The minimum atomic E-state index is 0.258. The zero-order valence-electron chi connectivity index (χ0n) is 5.41. The van der Waals surface area contributed by atoms with Crippen LogP contribution in [-0.2, 0) is 9.62 Å². The zero-order chi connectivity index (χ0) is 7.54. The van der Waals surface area contributed by atoms with E-state index in [0.717, 1.165) is 0 Å². The Hall–Kier alpha value is -0.630. The molecule has 0 spiro atoms. The Morgan fingerprint density at radius 2 is 2.00 bits per heavy atom. The molecule has 0 amide bonds. The first kappa shape index (κ1) is 11.2. The van der Waals surface area contributed by atoms with Crippen molar-refractivity contribution in [3.63, 3.8) is 0 Å². The molecule has 0 saturated heterocycles. The fraction of sp³-hybridized carbons (Fsp3) is 0.800. The summed E-state index contributed by atoms with van der Waals surface area (Å²) in [5.41, 5.74) is 0. The SMILES string of the molecule is C#N.CCOCCOO. The highest BCUT2D eigenvalue weighted by Gasteiger charge is 1.79. The number of nitriles is 1. The fourth-order valence-electron chi connectivity index (χ4n) is 0.241. The van der Waals surface area contributed by atoms with E-state index in [4.69, 9.17) is 15.3 Å². The van der Waals surface area contributed by atoms with E-state index in [2.05, 4.69) is 11.5 Å². The van der Waals surface area contributed by atoms with Crippen LogP contribution in [0.3, 0.4) is 0 Å². The first-order valence-electron chi connectivity index (χ1n) is 2.51. The Morgan fingerprint density at radius 1 is 1.44 bits per heavy atom. The van der Waals surface area contributed by atoms with Crippen LogP contribution in [0.1, 0.15) is 6.92 Å². The average molecular weight is 133 g/mol. The number of ether oxygens (including phenoxy) is 1. The molecule has 0 bridgehead atoms. The zero-order valence-corrected chi connectivity index (χ0v) is 5.41. The van der Waals surface area contributed by atoms with Crippen LogP contribution in [0.15, 0.2) is 0 Å². The third-order valence-corrected chi connectivity index (χ3v) is 0.523. The highest BCUT2D eigenvalue weighted by atomic mass is 17.1. The van der Waals surface area contributed by atoms with Gasteiger partial charge in [-0.25, -0.2) is 10.1 Å². The minimum Gasteiger partial charge on any atom is -0.379 e. The molecule has 0 aliphatic carbocycles. The Bertz CT molecular complexity index is 51.4. The van der Waals surface area contributed by atoms with Gasteiger partial charge in [0.05, 0.1) is 6.61 Å². The molecule has 0 heterocycles. The van der Waals surface area contributed by atoms with Gasteiger partial charge in [-0.15, -0.1) is 0 Å². The van der Waals surface area contributed by atoms with E-state index >= 15 is 0 Å². The molecule has 0 aliphatic rings. The van der Waals surface area contributed by atoms with Crippen LogP contribution in [-0.4, -0.2) is 25.1 Å². The highest BCUT2D eigenvalue weighted by Crippen LogP contribution is 1.71. The van der Waals surface area contributed by atoms with Gasteiger partial charge in [0.2, 0.25) is 0 Å². The number of rotatable bonds is 4. The number of hydrogen-bond donors (Lipinski definition) is 1. The Balaban J connectivity index is 0. The van der Waals surface area contributed by atoms with Crippen molar-refractivity contribution < 1.29 is 14.9 Å². The predicted molar refractivity (Wildman–Crippen MR) is 31.7 cm³/mol. The normalized spacial score (nSPS) is 7.56. The van der Waals surface area contributed by atoms with E-state index < -0.39 is 0 Å². The standard InChI is InChI=1S/C4H10O3.CHN/c1-2-6-3-4-7-5;1-2/h5H,2-4H2,1H3;1H. The lowest BCUT2D eigenvalue weighted by atomic mass is 10.8. The van der Waals surface area contributed by atoms with Crippen LogP contribution in [0.25, 0.3) is 0 Å². The molecule has 4 heteroatoms. The Labute approximate surface area is 54.5 Å². The number of hydrogen-bond acceptors (Lipinski definition) is 4. The molecule has 1 N–H and O–H groups in total. The van der Waals surface area contributed by atoms with Crippen molar-refractivity contribution in [3.8, 4) is 6.57 Å². The topological polar surface area (TPSA) is 62.5 Å². The Kier molecular flexibility index (Phi) is 19.5. The minimum absolute atomic E-state index is 0.258. The van der Waals surface area contributed by atoms with Gasteiger partial charge >= 0.3 is 0 Å². The number of nitrogens with zero attached hydrogens (tertiary/aromatic N) is 1. The van der Waals surface area contributed by atoms with Gasteiger partial charge < -0.3 is 4.74 Å². The van der Waals surface area contributed by atoms with E-state index in [1.807, 2.05) is 6.92 Å². The van der Waals surface area contributed by atoms with Gasteiger partial charge in [0.15, 0.2) is 0 Å². The maximum atomic E-state index is 7.71. The second kappa shape index (κ2) is 15.7. The summed E-state index contributed by atoms with van der Waals surface area (Å²) in [6.45, 7) is 6.78. The van der Waals surface area contributed by atoms with Gasteiger partial charge in [0.25, 0.3) is 0 Å². The maximum absolute atomic E-state index is 7.71. The second-order valence-electron chi connectivity index (χ2n) is 1.03. The van der Waals surface area contributed by atoms with Gasteiger partial charge in [0, 0.05) is 13.2 Å².